The summed E-state index contributed by atoms with van der Waals surface area (Å²) in [5.41, 5.74) is 3.10. The highest BCUT2D eigenvalue weighted by molar-refractivity contribution is 9.10. The number of hydrogen-bond donors (Lipinski definition) is 0. The van der Waals surface area contributed by atoms with Gasteiger partial charge in [-0.1, -0.05) is 58.4 Å². The van der Waals surface area contributed by atoms with Gasteiger partial charge in [-0.05, 0) is 23.3 Å². The average Bonchev–Trinajstić information content (AvgIpc) is 2.93. The first kappa shape index (κ1) is 13.1. The summed E-state index contributed by atoms with van der Waals surface area (Å²) in [5, 5.41) is 5.94. The standard InChI is InChI=1S/C16H13BrN2O/c17-14-8-6-12(7-9-14)15-10-16(19(11-20)18-15)13-4-2-1-3-5-13/h1-9,11,16H,10H2. The molecule has 1 aliphatic heterocycles. The van der Waals surface area contributed by atoms with Crippen molar-refractivity contribution in [2.24, 2.45) is 5.10 Å². The summed E-state index contributed by atoms with van der Waals surface area (Å²) in [6.07, 6.45) is 1.54. The van der Waals surface area contributed by atoms with E-state index in [2.05, 4.69) is 21.0 Å². The fraction of sp³-hybridized carbons (Fsp3) is 0.125. The van der Waals surface area contributed by atoms with Crippen LogP contribution in [0.25, 0.3) is 0 Å². The Balaban J connectivity index is 1.89. The second-order valence-electron chi connectivity index (χ2n) is 4.67. The Kier molecular flexibility index (Phi) is 3.65. The molecule has 0 spiro atoms. The predicted octanol–water partition coefficient (Wildman–Crippen LogP) is 3.76. The van der Waals surface area contributed by atoms with Crippen LogP contribution in [0.1, 0.15) is 23.6 Å². The van der Waals surface area contributed by atoms with Crippen LogP contribution in [-0.4, -0.2) is 17.1 Å². The van der Waals surface area contributed by atoms with Crippen molar-refractivity contribution in [1.82, 2.24) is 5.01 Å². The second-order valence-corrected chi connectivity index (χ2v) is 5.59. The Bertz CT molecular complexity index is 637. The van der Waals surface area contributed by atoms with E-state index in [-0.39, 0.29) is 6.04 Å². The van der Waals surface area contributed by atoms with Gasteiger partial charge in [-0.2, -0.15) is 5.10 Å². The third kappa shape index (κ3) is 2.51. The van der Waals surface area contributed by atoms with Crippen molar-refractivity contribution in [3.8, 4) is 0 Å². The van der Waals surface area contributed by atoms with Gasteiger partial charge >= 0.3 is 0 Å². The molecular formula is C16H13BrN2O. The smallest absolute Gasteiger partial charge is 0.230 e. The maximum atomic E-state index is 11.2. The molecule has 0 radical (unpaired) electrons. The lowest BCUT2D eigenvalue weighted by Crippen LogP contribution is -2.17. The summed E-state index contributed by atoms with van der Waals surface area (Å²) in [5.74, 6) is 0. The van der Waals surface area contributed by atoms with Gasteiger partial charge in [0.25, 0.3) is 0 Å². The summed E-state index contributed by atoms with van der Waals surface area (Å²) >= 11 is 3.42. The van der Waals surface area contributed by atoms with Crippen LogP contribution in [0.15, 0.2) is 64.2 Å². The molecule has 20 heavy (non-hydrogen) atoms. The van der Waals surface area contributed by atoms with Crippen molar-refractivity contribution < 1.29 is 4.79 Å². The molecule has 0 N–H and O–H groups in total. The van der Waals surface area contributed by atoms with Crippen LogP contribution in [0, 0.1) is 0 Å². The van der Waals surface area contributed by atoms with Crippen molar-refractivity contribution >= 4 is 28.1 Å². The van der Waals surface area contributed by atoms with Crippen molar-refractivity contribution in [1.29, 1.82) is 0 Å². The largest absolute Gasteiger partial charge is 0.277 e. The van der Waals surface area contributed by atoms with Crippen LogP contribution < -0.4 is 0 Å². The molecule has 0 bridgehead atoms. The van der Waals surface area contributed by atoms with Crippen molar-refractivity contribution in [2.45, 2.75) is 12.5 Å². The molecule has 1 atom stereocenters. The molecule has 1 aliphatic rings. The molecule has 1 amide bonds. The lowest BCUT2D eigenvalue weighted by atomic mass is 9.99. The molecule has 0 aromatic heterocycles. The first-order chi connectivity index (χ1) is 9.78. The highest BCUT2D eigenvalue weighted by Crippen LogP contribution is 2.31. The summed E-state index contributed by atoms with van der Waals surface area (Å²) in [6.45, 7) is 0. The molecule has 3 rings (SSSR count). The fourth-order valence-electron chi connectivity index (χ4n) is 2.39. The van der Waals surface area contributed by atoms with E-state index < -0.39 is 0 Å². The number of hydrazone groups is 1. The third-order valence-corrected chi connectivity index (χ3v) is 3.94. The molecule has 0 saturated heterocycles. The van der Waals surface area contributed by atoms with Crippen LogP contribution in [0.2, 0.25) is 0 Å². The van der Waals surface area contributed by atoms with Crippen molar-refractivity contribution in [2.75, 3.05) is 0 Å². The Morgan fingerprint density at radius 1 is 1.10 bits per heavy atom. The van der Waals surface area contributed by atoms with Gasteiger partial charge in [-0.3, -0.25) is 4.79 Å². The summed E-state index contributed by atoms with van der Waals surface area (Å²) in [7, 11) is 0. The fourth-order valence-corrected chi connectivity index (χ4v) is 2.65. The van der Waals surface area contributed by atoms with Crippen LogP contribution in [-0.2, 0) is 4.79 Å². The lowest BCUT2D eigenvalue weighted by molar-refractivity contribution is -0.119. The van der Waals surface area contributed by atoms with Gasteiger partial charge in [0.05, 0.1) is 11.8 Å². The summed E-state index contributed by atoms with van der Waals surface area (Å²) in [4.78, 5) is 11.2. The average molecular weight is 329 g/mol. The SMILES string of the molecule is O=CN1N=C(c2ccc(Br)cc2)CC1c1ccccc1. The zero-order valence-electron chi connectivity index (χ0n) is 10.7. The molecule has 2 aromatic rings. The molecule has 0 aliphatic carbocycles. The monoisotopic (exact) mass is 328 g/mol. The Morgan fingerprint density at radius 2 is 1.80 bits per heavy atom. The zero-order valence-corrected chi connectivity index (χ0v) is 12.3. The summed E-state index contributed by atoms with van der Waals surface area (Å²) < 4.78 is 1.03. The van der Waals surface area contributed by atoms with E-state index >= 15 is 0 Å². The van der Waals surface area contributed by atoms with Crippen molar-refractivity contribution in [3.05, 3.63) is 70.2 Å². The van der Waals surface area contributed by atoms with Crippen LogP contribution in [0.4, 0.5) is 0 Å². The lowest BCUT2D eigenvalue weighted by Gasteiger charge is -2.16. The Morgan fingerprint density at radius 3 is 2.45 bits per heavy atom. The van der Waals surface area contributed by atoms with Crippen LogP contribution in [0.5, 0.6) is 0 Å². The number of nitrogens with zero attached hydrogens (tertiary/aromatic N) is 2. The minimum Gasteiger partial charge on any atom is -0.277 e. The maximum absolute atomic E-state index is 11.2. The van der Waals surface area contributed by atoms with Crippen LogP contribution >= 0.6 is 15.9 Å². The van der Waals surface area contributed by atoms with Gasteiger partial charge in [0.1, 0.15) is 0 Å². The van der Waals surface area contributed by atoms with Gasteiger partial charge in [-0.25, -0.2) is 5.01 Å². The van der Waals surface area contributed by atoms with Gasteiger partial charge in [0.2, 0.25) is 6.41 Å². The molecule has 1 unspecified atom stereocenters. The highest BCUT2D eigenvalue weighted by Gasteiger charge is 2.28. The maximum Gasteiger partial charge on any atom is 0.230 e. The number of carbonyl (C=O) groups excluding carboxylic acids is 1. The highest BCUT2D eigenvalue weighted by atomic mass is 79.9. The third-order valence-electron chi connectivity index (χ3n) is 3.41. The first-order valence-corrected chi connectivity index (χ1v) is 7.19. The van der Waals surface area contributed by atoms with E-state index in [1.807, 2.05) is 54.6 Å². The van der Waals surface area contributed by atoms with E-state index in [4.69, 9.17) is 0 Å². The van der Waals surface area contributed by atoms with Crippen LogP contribution in [0.3, 0.4) is 0 Å². The van der Waals surface area contributed by atoms with E-state index in [1.54, 1.807) is 0 Å². The zero-order chi connectivity index (χ0) is 13.9. The quantitative estimate of drug-likeness (QED) is 0.789. The minimum atomic E-state index is -0.00709. The molecule has 2 aromatic carbocycles. The van der Waals surface area contributed by atoms with E-state index in [9.17, 15) is 4.79 Å². The molecule has 4 heteroatoms. The number of hydrogen-bond acceptors (Lipinski definition) is 2. The Hall–Kier alpha value is -1.94. The molecule has 3 nitrogen and oxygen atoms in total. The molecule has 0 fully saturated rings. The summed E-state index contributed by atoms with van der Waals surface area (Å²) in [6, 6.07) is 18.0. The molecular weight excluding hydrogens is 316 g/mol. The number of halogens is 1. The molecule has 0 saturated carbocycles. The van der Waals surface area contributed by atoms with Gasteiger partial charge in [0, 0.05) is 10.9 Å². The minimum absolute atomic E-state index is 0.00709. The van der Waals surface area contributed by atoms with Gasteiger partial charge in [-0.15, -0.1) is 0 Å². The van der Waals surface area contributed by atoms with Gasteiger partial charge < -0.3 is 0 Å². The number of carbonyl (C=O) groups is 1. The molecule has 1 heterocycles. The molecule has 100 valence electrons. The van der Waals surface area contributed by atoms with Crippen molar-refractivity contribution in [3.63, 3.8) is 0 Å². The van der Waals surface area contributed by atoms with E-state index in [0.717, 1.165) is 34.1 Å². The second kappa shape index (κ2) is 5.59. The topological polar surface area (TPSA) is 32.7 Å². The predicted molar refractivity (Wildman–Crippen MR) is 82.4 cm³/mol. The van der Waals surface area contributed by atoms with E-state index in [0.29, 0.717) is 0 Å². The number of rotatable bonds is 3. The van der Waals surface area contributed by atoms with E-state index in [1.165, 1.54) is 5.01 Å². The number of benzene rings is 2. The number of amides is 1. The Labute approximate surface area is 126 Å². The van der Waals surface area contributed by atoms with Gasteiger partial charge in [0.15, 0.2) is 0 Å². The first-order valence-electron chi connectivity index (χ1n) is 6.40. The normalized spacial score (nSPS) is 17.9.